The van der Waals surface area contributed by atoms with E-state index in [0.717, 1.165) is 19.3 Å². The van der Waals surface area contributed by atoms with E-state index in [1.807, 2.05) is 38.1 Å². The third-order valence-corrected chi connectivity index (χ3v) is 7.18. The predicted octanol–water partition coefficient (Wildman–Crippen LogP) is 4.80. The molecule has 1 saturated carbocycles. The fourth-order valence-electron chi connectivity index (χ4n) is 5.45. The smallest absolute Gasteiger partial charge is 0.407 e. The Morgan fingerprint density at radius 3 is 2.26 bits per heavy atom. The summed E-state index contributed by atoms with van der Waals surface area (Å²) in [6, 6.07) is 16.4. The molecule has 2 N–H and O–H groups in total. The normalized spacial score (nSPS) is 18.7. The third kappa shape index (κ3) is 5.84. The van der Waals surface area contributed by atoms with E-state index >= 15 is 0 Å². The Hall–Kier alpha value is -3.35. The number of alkyl carbamates (subject to hydrolysis) is 1. The van der Waals surface area contributed by atoms with Crippen LogP contribution >= 0.6 is 0 Å². The second-order valence-corrected chi connectivity index (χ2v) is 9.87. The van der Waals surface area contributed by atoms with Crippen LogP contribution in [0.5, 0.6) is 0 Å². The fraction of sp³-hybridized carbons (Fsp3) is 0.464. The first kappa shape index (κ1) is 24.8. The summed E-state index contributed by atoms with van der Waals surface area (Å²) in [6.45, 7) is 4.30. The largest absolute Gasteiger partial charge is 0.481 e. The van der Waals surface area contributed by atoms with Gasteiger partial charge in [0.1, 0.15) is 6.61 Å². The fourth-order valence-corrected chi connectivity index (χ4v) is 5.45. The number of hydrogen-bond acceptors (Lipinski definition) is 4. The van der Waals surface area contributed by atoms with Gasteiger partial charge < -0.3 is 20.1 Å². The van der Waals surface area contributed by atoms with Crippen molar-refractivity contribution in [3.05, 3.63) is 59.7 Å². The first-order valence-electron chi connectivity index (χ1n) is 12.5. The van der Waals surface area contributed by atoms with Crippen LogP contribution in [0.3, 0.4) is 0 Å². The molecule has 35 heavy (non-hydrogen) atoms. The number of carboxylic acid groups (broad SMARTS) is 1. The van der Waals surface area contributed by atoms with E-state index in [4.69, 9.17) is 9.84 Å². The molecular weight excluding hydrogens is 444 g/mol. The highest BCUT2D eigenvalue weighted by molar-refractivity contribution is 5.79. The average Bonchev–Trinajstić information content (AvgIpc) is 3.39. The quantitative estimate of drug-likeness (QED) is 0.540. The minimum absolute atomic E-state index is 0.0185. The van der Waals surface area contributed by atoms with Crippen LogP contribution in [-0.4, -0.2) is 53.2 Å². The summed E-state index contributed by atoms with van der Waals surface area (Å²) in [4.78, 5) is 37.9. The monoisotopic (exact) mass is 478 g/mol. The zero-order valence-corrected chi connectivity index (χ0v) is 20.4. The van der Waals surface area contributed by atoms with Gasteiger partial charge in [0.15, 0.2) is 0 Å². The lowest BCUT2D eigenvalue weighted by Crippen LogP contribution is -2.39. The molecule has 0 aromatic heterocycles. The maximum atomic E-state index is 12.8. The van der Waals surface area contributed by atoms with E-state index < -0.39 is 12.1 Å². The van der Waals surface area contributed by atoms with Gasteiger partial charge in [-0.05, 0) is 61.3 Å². The van der Waals surface area contributed by atoms with Crippen molar-refractivity contribution in [1.29, 1.82) is 0 Å². The number of amides is 2. The van der Waals surface area contributed by atoms with Crippen molar-refractivity contribution in [2.75, 3.05) is 13.2 Å². The number of aliphatic carboxylic acids is 1. The number of benzene rings is 2. The highest BCUT2D eigenvalue weighted by Gasteiger charge is 2.32. The molecular formula is C28H34N2O5. The van der Waals surface area contributed by atoms with Crippen molar-refractivity contribution in [1.82, 2.24) is 10.2 Å². The molecule has 4 rings (SSSR count). The number of fused-ring (bicyclic) bond motifs is 3. The summed E-state index contributed by atoms with van der Waals surface area (Å²) in [7, 11) is 0. The molecule has 2 aliphatic rings. The zero-order chi connectivity index (χ0) is 24.9. The highest BCUT2D eigenvalue weighted by Crippen LogP contribution is 2.44. The summed E-state index contributed by atoms with van der Waals surface area (Å²) in [6.07, 6.45) is 2.28. The van der Waals surface area contributed by atoms with Crippen molar-refractivity contribution in [3.8, 4) is 11.1 Å². The molecule has 7 heteroatoms. The number of ether oxygens (including phenoxy) is 1. The van der Waals surface area contributed by atoms with Gasteiger partial charge >= 0.3 is 12.1 Å². The number of carbonyl (C=O) groups excluding carboxylic acids is 2. The van der Waals surface area contributed by atoms with E-state index in [1.54, 1.807) is 4.90 Å². The number of carboxylic acids is 1. The van der Waals surface area contributed by atoms with Gasteiger partial charge in [0.25, 0.3) is 0 Å². The molecule has 0 bridgehead atoms. The van der Waals surface area contributed by atoms with Crippen LogP contribution in [0.25, 0.3) is 11.1 Å². The molecule has 2 aromatic carbocycles. The number of carbonyl (C=O) groups is 3. The van der Waals surface area contributed by atoms with Crippen LogP contribution in [0.2, 0.25) is 0 Å². The number of hydrogen-bond donors (Lipinski definition) is 2. The van der Waals surface area contributed by atoms with Gasteiger partial charge in [-0.2, -0.15) is 0 Å². The van der Waals surface area contributed by atoms with Crippen molar-refractivity contribution in [2.24, 2.45) is 5.92 Å². The third-order valence-electron chi connectivity index (χ3n) is 7.18. The van der Waals surface area contributed by atoms with Crippen LogP contribution in [-0.2, 0) is 14.3 Å². The Labute approximate surface area is 206 Å². The van der Waals surface area contributed by atoms with Gasteiger partial charge in [0.2, 0.25) is 5.91 Å². The van der Waals surface area contributed by atoms with Gasteiger partial charge in [0.05, 0.1) is 6.42 Å². The van der Waals surface area contributed by atoms with E-state index in [2.05, 4.69) is 29.6 Å². The summed E-state index contributed by atoms with van der Waals surface area (Å²) in [5.41, 5.74) is 4.75. The molecule has 2 atom stereocenters. The van der Waals surface area contributed by atoms with Crippen molar-refractivity contribution in [3.63, 3.8) is 0 Å². The molecule has 0 aliphatic heterocycles. The van der Waals surface area contributed by atoms with Gasteiger partial charge in [0, 0.05) is 31.0 Å². The predicted molar refractivity (Wildman–Crippen MR) is 133 cm³/mol. The van der Waals surface area contributed by atoms with E-state index in [0.29, 0.717) is 6.42 Å². The van der Waals surface area contributed by atoms with Gasteiger partial charge in [-0.25, -0.2) is 4.79 Å². The van der Waals surface area contributed by atoms with Crippen LogP contribution in [0, 0.1) is 5.92 Å². The lowest BCUT2D eigenvalue weighted by molar-refractivity contribution is -0.139. The summed E-state index contributed by atoms with van der Waals surface area (Å²) in [5.74, 6) is -0.730. The van der Waals surface area contributed by atoms with E-state index in [1.165, 1.54) is 22.3 Å². The Bertz CT molecular complexity index is 1040. The molecule has 0 radical (unpaired) electrons. The van der Waals surface area contributed by atoms with Crippen molar-refractivity contribution < 1.29 is 24.2 Å². The molecule has 1 fully saturated rings. The summed E-state index contributed by atoms with van der Waals surface area (Å²) < 4.78 is 5.66. The molecule has 2 amide bonds. The van der Waals surface area contributed by atoms with Crippen LogP contribution in [0.1, 0.15) is 63.0 Å². The first-order chi connectivity index (χ1) is 16.8. The standard InChI is InChI=1S/C28H34N2O5/c1-18(2)30(14-13-27(32)33)26(31)16-19-11-12-20(15-19)29-28(34)35-17-25-23-9-5-3-7-21(23)22-8-4-6-10-24(22)25/h3-10,18-20,25H,11-17H2,1-2H3,(H,29,34)(H,32,33)/t19-,20+/m0/s1. The summed E-state index contributed by atoms with van der Waals surface area (Å²) in [5, 5.41) is 11.9. The second-order valence-electron chi connectivity index (χ2n) is 9.87. The maximum absolute atomic E-state index is 12.8. The molecule has 0 heterocycles. The van der Waals surface area contributed by atoms with Gasteiger partial charge in [-0.3, -0.25) is 9.59 Å². The highest BCUT2D eigenvalue weighted by atomic mass is 16.5. The Balaban J connectivity index is 1.26. The Morgan fingerprint density at radius 1 is 1.03 bits per heavy atom. The van der Waals surface area contributed by atoms with Gasteiger partial charge in [-0.1, -0.05) is 48.5 Å². The maximum Gasteiger partial charge on any atom is 0.407 e. The van der Waals surface area contributed by atoms with Crippen LogP contribution < -0.4 is 5.32 Å². The zero-order valence-electron chi connectivity index (χ0n) is 20.4. The number of nitrogens with one attached hydrogen (secondary N) is 1. The van der Waals surface area contributed by atoms with Gasteiger partial charge in [-0.15, -0.1) is 0 Å². The van der Waals surface area contributed by atoms with Crippen LogP contribution in [0.15, 0.2) is 48.5 Å². The average molecular weight is 479 g/mol. The minimum atomic E-state index is -0.906. The lowest BCUT2D eigenvalue weighted by Gasteiger charge is -2.27. The SMILES string of the molecule is CC(C)N(CCC(=O)O)C(=O)C[C@H]1CC[C@@H](NC(=O)OCC2c3ccccc3-c3ccccc32)C1. The Kier molecular flexibility index (Phi) is 7.73. The molecule has 0 spiro atoms. The molecule has 186 valence electrons. The van der Waals surface area contributed by atoms with Crippen molar-refractivity contribution >= 4 is 18.0 Å². The molecule has 2 aromatic rings. The van der Waals surface area contributed by atoms with Crippen LogP contribution in [0.4, 0.5) is 4.79 Å². The Morgan fingerprint density at radius 2 is 1.66 bits per heavy atom. The van der Waals surface area contributed by atoms with Crippen molar-refractivity contribution in [2.45, 2.75) is 64.0 Å². The minimum Gasteiger partial charge on any atom is -0.481 e. The number of rotatable bonds is 9. The molecule has 7 nitrogen and oxygen atoms in total. The first-order valence-corrected chi connectivity index (χ1v) is 12.5. The molecule has 2 aliphatic carbocycles. The summed E-state index contributed by atoms with van der Waals surface area (Å²) >= 11 is 0. The molecule has 0 saturated heterocycles. The molecule has 0 unspecified atom stereocenters. The second kappa shape index (κ2) is 10.9. The lowest BCUT2D eigenvalue weighted by atomic mass is 9.98. The van der Waals surface area contributed by atoms with E-state index in [-0.39, 0.29) is 49.4 Å². The number of nitrogens with zero attached hydrogens (tertiary/aromatic N) is 1. The topological polar surface area (TPSA) is 95.9 Å². The van der Waals surface area contributed by atoms with E-state index in [9.17, 15) is 14.4 Å².